The van der Waals surface area contributed by atoms with Crippen LogP contribution in [0.4, 0.5) is 0 Å². The van der Waals surface area contributed by atoms with Crippen LogP contribution < -0.4 is 5.73 Å². The summed E-state index contributed by atoms with van der Waals surface area (Å²) in [5.74, 6) is 1.09. The van der Waals surface area contributed by atoms with Crippen molar-refractivity contribution in [3.05, 3.63) is 29.8 Å². The lowest BCUT2D eigenvalue weighted by atomic mass is 9.86. The molecule has 3 N–H and O–H groups in total. The first-order valence-corrected chi connectivity index (χ1v) is 9.98. The van der Waals surface area contributed by atoms with E-state index in [2.05, 4.69) is 11.8 Å². The molecule has 1 saturated heterocycles. The van der Waals surface area contributed by atoms with Gasteiger partial charge in [-0.3, -0.25) is 4.90 Å². The second-order valence-electron chi connectivity index (χ2n) is 7.07. The maximum Gasteiger partial charge on any atom is 0.175 e. The van der Waals surface area contributed by atoms with Crippen molar-refractivity contribution in [3.8, 4) is 0 Å². The van der Waals surface area contributed by atoms with Gasteiger partial charge in [-0.1, -0.05) is 19.1 Å². The molecule has 0 saturated carbocycles. The topological polar surface area (TPSA) is 83.6 Å². The monoisotopic (exact) mass is 340 g/mol. The minimum Gasteiger partial charge on any atom is -0.384 e. The first-order chi connectivity index (χ1) is 10.6. The summed E-state index contributed by atoms with van der Waals surface area (Å²) in [7, 11) is -3.22. The highest BCUT2D eigenvalue weighted by molar-refractivity contribution is 7.90. The number of rotatable bonds is 5. The van der Waals surface area contributed by atoms with Crippen LogP contribution in [0.5, 0.6) is 0 Å². The van der Waals surface area contributed by atoms with Gasteiger partial charge in [0.2, 0.25) is 0 Å². The van der Waals surface area contributed by atoms with E-state index >= 15 is 0 Å². The molecule has 0 bridgehead atoms. The van der Waals surface area contributed by atoms with E-state index in [1.165, 1.54) is 6.26 Å². The van der Waals surface area contributed by atoms with E-state index in [4.69, 9.17) is 5.73 Å². The molecule has 0 aliphatic carbocycles. The van der Waals surface area contributed by atoms with Crippen LogP contribution in [0.2, 0.25) is 0 Å². The highest BCUT2D eigenvalue weighted by Crippen LogP contribution is 2.28. The summed E-state index contributed by atoms with van der Waals surface area (Å²) in [5, 5.41) is 10.8. The molecule has 0 radical (unpaired) electrons. The van der Waals surface area contributed by atoms with Crippen LogP contribution in [-0.4, -0.2) is 50.9 Å². The third-order valence-electron chi connectivity index (χ3n) is 4.94. The van der Waals surface area contributed by atoms with Gasteiger partial charge in [-0.2, -0.15) is 0 Å². The van der Waals surface area contributed by atoms with Gasteiger partial charge >= 0.3 is 0 Å². The molecule has 1 aromatic carbocycles. The van der Waals surface area contributed by atoms with Crippen molar-refractivity contribution < 1.29 is 13.5 Å². The van der Waals surface area contributed by atoms with Crippen LogP contribution in [0.15, 0.2) is 29.2 Å². The van der Waals surface area contributed by atoms with E-state index in [1.807, 2.05) is 0 Å². The SMILES string of the molecule is CC1CCN(CC(C)(O)c2ccc(S(C)(=O)=O)cc2)CC1CN. The summed E-state index contributed by atoms with van der Waals surface area (Å²) < 4.78 is 23.1. The zero-order valence-corrected chi connectivity index (χ0v) is 15.0. The highest BCUT2D eigenvalue weighted by atomic mass is 32.2. The largest absolute Gasteiger partial charge is 0.384 e. The Morgan fingerprint density at radius 2 is 1.96 bits per heavy atom. The average Bonchev–Trinajstić information content (AvgIpc) is 2.48. The number of nitrogens with two attached hydrogens (primary N) is 1. The van der Waals surface area contributed by atoms with Crippen LogP contribution in [0.25, 0.3) is 0 Å². The molecule has 1 fully saturated rings. The predicted octanol–water partition coefficient (Wildman–Crippen LogP) is 1.21. The number of nitrogens with zero attached hydrogens (tertiary/aromatic N) is 1. The van der Waals surface area contributed by atoms with Gasteiger partial charge in [0.05, 0.1) is 10.5 Å². The third kappa shape index (κ3) is 4.53. The number of benzene rings is 1. The smallest absolute Gasteiger partial charge is 0.175 e. The summed E-state index contributed by atoms with van der Waals surface area (Å²) >= 11 is 0. The maximum atomic E-state index is 11.5. The van der Waals surface area contributed by atoms with Gasteiger partial charge in [0.1, 0.15) is 0 Å². The number of β-amino-alcohol motifs (C(OH)–C–C–N with tert-alkyl or cyclic N) is 1. The Kier molecular flexibility index (Phi) is 5.51. The summed E-state index contributed by atoms with van der Waals surface area (Å²) in [6, 6.07) is 6.51. The number of hydrogen-bond donors (Lipinski definition) is 2. The molecule has 1 aliphatic rings. The Hall–Kier alpha value is -0.950. The Morgan fingerprint density at radius 3 is 2.48 bits per heavy atom. The first-order valence-electron chi connectivity index (χ1n) is 8.09. The quantitative estimate of drug-likeness (QED) is 0.842. The van der Waals surface area contributed by atoms with Crippen LogP contribution in [0.3, 0.4) is 0 Å². The van der Waals surface area contributed by atoms with Crippen molar-refractivity contribution >= 4 is 9.84 Å². The molecule has 1 aromatic rings. The van der Waals surface area contributed by atoms with Crippen molar-refractivity contribution in [2.24, 2.45) is 17.6 Å². The molecule has 23 heavy (non-hydrogen) atoms. The van der Waals surface area contributed by atoms with Gasteiger partial charge in [0.25, 0.3) is 0 Å². The standard InChI is InChI=1S/C17H28N2O3S/c1-13-8-9-19(11-14(13)10-18)12-17(2,20)15-4-6-16(7-5-15)23(3,21)22/h4-7,13-14,20H,8-12,18H2,1-3H3. The highest BCUT2D eigenvalue weighted by Gasteiger charge is 2.31. The van der Waals surface area contributed by atoms with E-state index in [0.717, 1.165) is 25.1 Å². The number of aliphatic hydroxyl groups is 1. The van der Waals surface area contributed by atoms with E-state index < -0.39 is 15.4 Å². The zero-order chi connectivity index (χ0) is 17.3. The summed E-state index contributed by atoms with van der Waals surface area (Å²) in [6.45, 7) is 7.05. The Bertz CT molecular complexity index is 626. The van der Waals surface area contributed by atoms with E-state index in [9.17, 15) is 13.5 Å². The van der Waals surface area contributed by atoms with Crippen molar-refractivity contribution in [1.29, 1.82) is 0 Å². The molecule has 0 amide bonds. The molecule has 6 heteroatoms. The molecular weight excluding hydrogens is 312 g/mol. The summed E-state index contributed by atoms with van der Waals surface area (Å²) in [4.78, 5) is 2.52. The maximum absolute atomic E-state index is 11.5. The molecular formula is C17H28N2O3S. The molecule has 5 nitrogen and oxygen atoms in total. The fraction of sp³-hybridized carbons (Fsp3) is 0.647. The van der Waals surface area contributed by atoms with Crippen LogP contribution in [-0.2, 0) is 15.4 Å². The van der Waals surface area contributed by atoms with Crippen molar-refractivity contribution in [2.45, 2.75) is 30.8 Å². The fourth-order valence-electron chi connectivity index (χ4n) is 3.26. The zero-order valence-electron chi connectivity index (χ0n) is 14.2. The Morgan fingerprint density at radius 1 is 1.35 bits per heavy atom. The van der Waals surface area contributed by atoms with Crippen LogP contribution >= 0.6 is 0 Å². The lowest BCUT2D eigenvalue weighted by Crippen LogP contribution is -2.47. The molecule has 3 unspecified atom stereocenters. The molecule has 130 valence electrons. The number of piperidine rings is 1. The predicted molar refractivity (Wildman–Crippen MR) is 91.9 cm³/mol. The van der Waals surface area contributed by atoms with Gasteiger partial charge in [0, 0.05) is 19.3 Å². The number of hydrogen-bond acceptors (Lipinski definition) is 5. The van der Waals surface area contributed by atoms with Gasteiger partial charge in [0.15, 0.2) is 9.84 Å². The van der Waals surface area contributed by atoms with Gasteiger partial charge in [-0.05, 0) is 56.0 Å². The molecule has 1 heterocycles. The van der Waals surface area contributed by atoms with Crippen molar-refractivity contribution in [1.82, 2.24) is 4.90 Å². The minimum absolute atomic E-state index is 0.270. The Balaban J connectivity index is 2.09. The molecule has 1 aliphatic heterocycles. The second kappa shape index (κ2) is 6.89. The van der Waals surface area contributed by atoms with E-state index in [1.54, 1.807) is 31.2 Å². The first kappa shape index (κ1) is 18.4. The number of sulfone groups is 1. The fourth-order valence-corrected chi connectivity index (χ4v) is 3.89. The molecule has 0 aromatic heterocycles. The molecule has 3 atom stereocenters. The Labute approximate surface area is 139 Å². The van der Waals surface area contributed by atoms with E-state index in [0.29, 0.717) is 24.9 Å². The van der Waals surface area contributed by atoms with Crippen LogP contribution in [0.1, 0.15) is 25.8 Å². The van der Waals surface area contributed by atoms with Crippen LogP contribution in [0, 0.1) is 11.8 Å². The third-order valence-corrected chi connectivity index (χ3v) is 6.07. The lowest BCUT2D eigenvalue weighted by molar-refractivity contribution is -0.00336. The average molecular weight is 340 g/mol. The lowest BCUT2D eigenvalue weighted by Gasteiger charge is -2.40. The normalized spacial score (nSPS) is 26.0. The van der Waals surface area contributed by atoms with Gasteiger partial charge < -0.3 is 10.8 Å². The summed E-state index contributed by atoms with van der Waals surface area (Å²) in [6.07, 6.45) is 2.27. The van der Waals surface area contributed by atoms with E-state index in [-0.39, 0.29) is 4.90 Å². The van der Waals surface area contributed by atoms with Gasteiger partial charge in [-0.25, -0.2) is 8.42 Å². The van der Waals surface area contributed by atoms with Crippen molar-refractivity contribution in [3.63, 3.8) is 0 Å². The number of likely N-dealkylation sites (tertiary alicyclic amines) is 1. The molecule has 2 rings (SSSR count). The minimum atomic E-state index is -3.22. The van der Waals surface area contributed by atoms with Crippen molar-refractivity contribution in [2.75, 3.05) is 32.4 Å². The molecule has 0 spiro atoms. The van der Waals surface area contributed by atoms with Gasteiger partial charge in [-0.15, -0.1) is 0 Å². The second-order valence-corrected chi connectivity index (χ2v) is 9.08. The summed E-state index contributed by atoms with van der Waals surface area (Å²) in [5.41, 5.74) is 5.55.